The molecule has 0 spiro atoms. The first kappa shape index (κ1) is 20.8. The number of nitrogens with one attached hydrogen (secondary N) is 1. The number of morpholine rings is 1. The number of carboxylic acid groups (broad SMARTS) is 2. The number of aliphatic carboxylic acids is 2. The van der Waals surface area contributed by atoms with E-state index >= 15 is 0 Å². The van der Waals surface area contributed by atoms with Crippen LogP contribution in [-0.2, 0) is 19.1 Å². The van der Waals surface area contributed by atoms with Crippen molar-refractivity contribution in [3.63, 3.8) is 0 Å². The molecule has 1 aromatic rings. The van der Waals surface area contributed by atoms with Crippen LogP contribution in [0.25, 0.3) is 0 Å². The van der Waals surface area contributed by atoms with Crippen LogP contribution in [-0.4, -0.2) is 66.3 Å². The maximum Gasteiger partial charge on any atom is 0.328 e. The first-order valence-corrected chi connectivity index (χ1v) is 7.76. The zero-order valence-corrected chi connectivity index (χ0v) is 13.7. The molecule has 0 aromatic heterocycles. The molecule has 1 saturated heterocycles. The average molecular weight is 353 g/mol. The maximum atomic E-state index is 9.87. The fraction of sp³-hybridized carbons (Fsp3) is 0.412. The van der Waals surface area contributed by atoms with Crippen molar-refractivity contribution in [3.8, 4) is 0 Å². The summed E-state index contributed by atoms with van der Waals surface area (Å²) in [7, 11) is 0. The van der Waals surface area contributed by atoms with E-state index in [0.717, 1.165) is 25.3 Å². The van der Waals surface area contributed by atoms with E-state index in [-0.39, 0.29) is 6.10 Å². The zero-order chi connectivity index (χ0) is 18.5. The SMILES string of the molecule is O=C(O)/C=C\C(=O)O.O[C@H](COC[C@H]1CNCCO1)c1ccccc1. The molecule has 138 valence electrons. The number of hydrogen-bond acceptors (Lipinski definition) is 6. The van der Waals surface area contributed by atoms with Gasteiger partial charge in [-0.2, -0.15) is 0 Å². The lowest BCUT2D eigenvalue weighted by Crippen LogP contribution is -2.41. The molecule has 8 heteroatoms. The summed E-state index contributed by atoms with van der Waals surface area (Å²) in [6.07, 6.45) is 0.657. The van der Waals surface area contributed by atoms with Gasteiger partial charge in [0.1, 0.15) is 6.10 Å². The quantitative estimate of drug-likeness (QED) is 0.520. The molecule has 0 unspecified atom stereocenters. The monoisotopic (exact) mass is 353 g/mol. The molecule has 8 nitrogen and oxygen atoms in total. The minimum absolute atomic E-state index is 0.103. The summed E-state index contributed by atoms with van der Waals surface area (Å²) in [6, 6.07) is 9.54. The van der Waals surface area contributed by atoms with Crippen molar-refractivity contribution in [2.75, 3.05) is 32.9 Å². The minimum atomic E-state index is -1.26. The number of carbonyl (C=O) groups is 2. The molecule has 1 aromatic carbocycles. The predicted octanol–water partition coefficient (Wildman–Crippen LogP) is 0.437. The molecule has 1 aliphatic heterocycles. The van der Waals surface area contributed by atoms with Crippen LogP contribution < -0.4 is 5.32 Å². The van der Waals surface area contributed by atoms with Crippen molar-refractivity contribution in [2.45, 2.75) is 12.2 Å². The van der Waals surface area contributed by atoms with Gasteiger partial charge in [0.15, 0.2) is 0 Å². The number of benzene rings is 1. The summed E-state index contributed by atoms with van der Waals surface area (Å²) < 4.78 is 11.0. The van der Waals surface area contributed by atoms with E-state index in [4.69, 9.17) is 19.7 Å². The highest BCUT2D eigenvalue weighted by molar-refractivity contribution is 5.89. The lowest BCUT2D eigenvalue weighted by Gasteiger charge is -2.23. The summed E-state index contributed by atoms with van der Waals surface area (Å²) in [6.45, 7) is 3.29. The Labute approximate surface area is 145 Å². The van der Waals surface area contributed by atoms with Gasteiger partial charge in [0.05, 0.1) is 25.9 Å². The maximum absolute atomic E-state index is 9.87. The van der Waals surface area contributed by atoms with Gasteiger partial charge in [-0.05, 0) is 5.56 Å². The smallest absolute Gasteiger partial charge is 0.328 e. The fourth-order valence-corrected chi connectivity index (χ4v) is 1.95. The van der Waals surface area contributed by atoms with Crippen molar-refractivity contribution < 1.29 is 34.4 Å². The van der Waals surface area contributed by atoms with Gasteiger partial charge in [-0.3, -0.25) is 0 Å². The van der Waals surface area contributed by atoms with Crippen LogP contribution in [0.3, 0.4) is 0 Å². The Balaban J connectivity index is 0.000000333. The number of rotatable bonds is 7. The molecule has 4 N–H and O–H groups in total. The van der Waals surface area contributed by atoms with Gasteiger partial charge in [-0.25, -0.2) is 9.59 Å². The summed E-state index contributed by atoms with van der Waals surface area (Å²) in [5.41, 5.74) is 0.884. The molecule has 2 rings (SSSR count). The zero-order valence-electron chi connectivity index (χ0n) is 13.7. The number of aliphatic hydroxyl groups is 1. The van der Waals surface area contributed by atoms with E-state index in [9.17, 15) is 14.7 Å². The third kappa shape index (κ3) is 10.3. The second-order valence-electron chi connectivity index (χ2n) is 5.17. The molecule has 1 aliphatic rings. The highest BCUT2D eigenvalue weighted by Gasteiger charge is 2.14. The third-order valence-electron chi connectivity index (χ3n) is 3.14. The molecule has 1 fully saturated rings. The van der Waals surface area contributed by atoms with E-state index in [1.54, 1.807) is 0 Å². The van der Waals surface area contributed by atoms with Crippen LogP contribution in [0.15, 0.2) is 42.5 Å². The van der Waals surface area contributed by atoms with E-state index in [1.807, 2.05) is 30.3 Å². The van der Waals surface area contributed by atoms with Gasteiger partial charge in [0, 0.05) is 25.2 Å². The number of aliphatic hydroxyl groups excluding tert-OH is 1. The normalized spacial score (nSPS) is 18.2. The van der Waals surface area contributed by atoms with Crippen LogP contribution in [0, 0.1) is 0 Å². The highest BCUT2D eigenvalue weighted by Crippen LogP contribution is 2.12. The Bertz CT molecular complexity index is 525. The van der Waals surface area contributed by atoms with Crippen molar-refractivity contribution in [3.05, 3.63) is 48.0 Å². The molecular weight excluding hydrogens is 330 g/mol. The molecule has 0 bridgehead atoms. The Morgan fingerprint density at radius 2 is 1.88 bits per heavy atom. The number of ether oxygens (including phenoxy) is 2. The van der Waals surface area contributed by atoms with Gasteiger partial charge in [-0.15, -0.1) is 0 Å². The van der Waals surface area contributed by atoms with Crippen molar-refractivity contribution in [1.82, 2.24) is 5.32 Å². The van der Waals surface area contributed by atoms with Crippen LogP contribution >= 0.6 is 0 Å². The Morgan fingerprint density at radius 3 is 2.40 bits per heavy atom. The van der Waals surface area contributed by atoms with E-state index in [1.165, 1.54) is 0 Å². The van der Waals surface area contributed by atoms with Crippen molar-refractivity contribution in [1.29, 1.82) is 0 Å². The van der Waals surface area contributed by atoms with Gasteiger partial charge >= 0.3 is 11.9 Å². The van der Waals surface area contributed by atoms with Crippen molar-refractivity contribution >= 4 is 11.9 Å². The predicted molar refractivity (Wildman–Crippen MR) is 89.2 cm³/mol. The Kier molecular flexibility index (Phi) is 10.1. The highest BCUT2D eigenvalue weighted by atomic mass is 16.5. The number of carboxylic acids is 2. The molecular formula is C17H23NO7. The molecule has 0 amide bonds. The summed E-state index contributed by atoms with van der Waals surface area (Å²) in [5, 5.41) is 28.7. The molecule has 2 atom stereocenters. The lowest BCUT2D eigenvalue weighted by atomic mass is 10.1. The van der Waals surface area contributed by atoms with Crippen LogP contribution in [0.5, 0.6) is 0 Å². The third-order valence-corrected chi connectivity index (χ3v) is 3.14. The molecule has 1 heterocycles. The van der Waals surface area contributed by atoms with E-state index in [0.29, 0.717) is 25.4 Å². The molecule has 0 aliphatic carbocycles. The van der Waals surface area contributed by atoms with Gasteiger partial charge in [0.2, 0.25) is 0 Å². The largest absolute Gasteiger partial charge is 0.478 e. The van der Waals surface area contributed by atoms with E-state index in [2.05, 4.69) is 5.32 Å². The second kappa shape index (κ2) is 12.2. The first-order chi connectivity index (χ1) is 12.0. The molecule has 0 saturated carbocycles. The van der Waals surface area contributed by atoms with Crippen LogP contribution in [0.4, 0.5) is 0 Å². The summed E-state index contributed by atoms with van der Waals surface area (Å²) >= 11 is 0. The van der Waals surface area contributed by atoms with Gasteiger partial charge < -0.3 is 30.1 Å². The lowest BCUT2D eigenvalue weighted by molar-refractivity contribution is -0.134. The molecule has 25 heavy (non-hydrogen) atoms. The standard InChI is InChI=1S/C13H19NO3.C4H4O4/c15-13(11-4-2-1-3-5-11)10-16-9-12-8-14-6-7-17-12;5-3(6)1-2-4(7)8/h1-5,12-15H,6-10H2;1-2H,(H,5,6)(H,7,8)/b;2-1-/t12-,13-;/m1./s1. The second-order valence-corrected chi connectivity index (χ2v) is 5.17. The fourth-order valence-electron chi connectivity index (χ4n) is 1.95. The Morgan fingerprint density at radius 1 is 1.24 bits per heavy atom. The van der Waals surface area contributed by atoms with E-state index < -0.39 is 18.0 Å². The number of hydrogen-bond donors (Lipinski definition) is 4. The van der Waals surface area contributed by atoms with Crippen LogP contribution in [0.2, 0.25) is 0 Å². The van der Waals surface area contributed by atoms with Gasteiger partial charge in [0.25, 0.3) is 0 Å². The van der Waals surface area contributed by atoms with Crippen molar-refractivity contribution in [2.24, 2.45) is 0 Å². The molecule has 0 radical (unpaired) electrons. The minimum Gasteiger partial charge on any atom is -0.478 e. The average Bonchev–Trinajstić information content (AvgIpc) is 2.62. The van der Waals surface area contributed by atoms with Gasteiger partial charge in [-0.1, -0.05) is 30.3 Å². The summed E-state index contributed by atoms with van der Waals surface area (Å²) in [4.78, 5) is 19.1. The topological polar surface area (TPSA) is 125 Å². The van der Waals surface area contributed by atoms with Crippen LogP contribution in [0.1, 0.15) is 11.7 Å². The Hall–Kier alpha value is -2.26. The summed E-state index contributed by atoms with van der Waals surface area (Å²) in [5.74, 6) is -2.51. The first-order valence-electron chi connectivity index (χ1n) is 7.76.